The maximum atomic E-state index is 11.9. The van der Waals surface area contributed by atoms with E-state index >= 15 is 0 Å². The minimum atomic E-state index is -0.484. The lowest BCUT2D eigenvalue weighted by Crippen LogP contribution is -2.51. The Labute approximate surface area is 158 Å². The number of hydrogen-bond acceptors (Lipinski definition) is 6. The van der Waals surface area contributed by atoms with Crippen LogP contribution in [-0.2, 0) is 9.47 Å². The van der Waals surface area contributed by atoms with Gasteiger partial charge in [0.05, 0.1) is 0 Å². The van der Waals surface area contributed by atoms with Crippen molar-refractivity contribution in [1.29, 1.82) is 0 Å². The van der Waals surface area contributed by atoms with Crippen molar-refractivity contribution in [3.8, 4) is 0 Å². The summed E-state index contributed by atoms with van der Waals surface area (Å²) < 4.78 is 11.2. The SMILES string of the molecule is CC(C)(C)OC(=O)NC1CCN(C2NN=C(c3ccc(Cl)cc3)O2)CC1. The number of amides is 1. The van der Waals surface area contributed by atoms with Gasteiger partial charge in [0.15, 0.2) is 0 Å². The van der Waals surface area contributed by atoms with E-state index in [4.69, 9.17) is 21.1 Å². The maximum absolute atomic E-state index is 11.9. The number of hydrogen-bond donors (Lipinski definition) is 2. The van der Waals surface area contributed by atoms with Gasteiger partial charge in [-0.2, -0.15) is 0 Å². The molecule has 1 aromatic carbocycles. The summed E-state index contributed by atoms with van der Waals surface area (Å²) in [5, 5.41) is 7.88. The smallest absolute Gasteiger partial charge is 0.407 e. The Morgan fingerprint density at radius 2 is 1.96 bits per heavy atom. The van der Waals surface area contributed by atoms with Gasteiger partial charge in [0.25, 0.3) is 0 Å². The molecule has 0 bridgehead atoms. The zero-order valence-electron chi connectivity index (χ0n) is 15.3. The molecule has 0 spiro atoms. The molecule has 2 aliphatic rings. The predicted molar refractivity (Wildman–Crippen MR) is 100.0 cm³/mol. The summed E-state index contributed by atoms with van der Waals surface area (Å²) in [6, 6.07) is 7.48. The highest BCUT2D eigenvalue weighted by Gasteiger charge is 2.31. The van der Waals surface area contributed by atoms with E-state index in [0.717, 1.165) is 31.5 Å². The molecule has 2 aliphatic heterocycles. The van der Waals surface area contributed by atoms with E-state index in [-0.39, 0.29) is 18.5 Å². The first-order valence-electron chi connectivity index (χ1n) is 8.79. The van der Waals surface area contributed by atoms with E-state index < -0.39 is 5.60 Å². The Morgan fingerprint density at radius 1 is 1.31 bits per heavy atom. The molecule has 2 heterocycles. The highest BCUT2D eigenvalue weighted by Crippen LogP contribution is 2.19. The van der Waals surface area contributed by atoms with E-state index in [1.807, 2.05) is 45.0 Å². The second-order valence-electron chi connectivity index (χ2n) is 7.48. The van der Waals surface area contributed by atoms with Crippen LogP contribution in [0.3, 0.4) is 0 Å². The van der Waals surface area contributed by atoms with Crippen LogP contribution in [0.4, 0.5) is 4.79 Å². The molecule has 2 N–H and O–H groups in total. The molecule has 142 valence electrons. The minimum Gasteiger partial charge on any atom is -0.444 e. The van der Waals surface area contributed by atoms with Crippen molar-refractivity contribution < 1.29 is 14.3 Å². The second-order valence-corrected chi connectivity index (χ2v) is 7.92. The van der Waals surface area contributed by atoms with Crippen LogP contribution in [-0.4, -0.2) is 48.0 Å². The van der Waals surface area contributed by atoms with Crippen LogP contribution in [0.15, 0.2) is 29.4 Å². The molecule has 1 amide bonds. The Balaban J connectivity index is 1.45. The van der Waals surface area contributed by atoms with Gasteiger partial charge in [-0.1, -0.05) is 11.6 Å². The van der Waals surface area contributed by atoms with E-state index in [9.17, 15) is 4.79 Å². The van der Waals surface area contributed by atoms with Crippen LogP contribution in [0.5, 0.6) is 0 Å². The van der Waals surface area contributed by atoms with Crippen molar-refractivity contribution in [3.05, 3.63) is 34.9 Å². The first kappa shape index (κ1) is 18.8. The van der Waals surface area contributed by atoms with Gasteiger partial charge in [0, 0.05) is 29.7 Å². The molecule has 0 radical (unpaired) electrons. The molecule has 8 heteroatoms. The minimum absolute atomic E-state index is 0.110. The molecule has 1 unspecified atom stereocenters. The van der Waals surface area contributed by atoms with Crippen LogP contribution in [0.1, 0.15) is 39.2 Å². The summed E-state index contributed by atoms with van der Waals surface area (Å²) >= 11 is 5.91. The van der Waals surface area contributed by atoms with Gasteiger partial charge in [0.1, 0.15) is 5.60 Å². The van der Waals surface area contributed by atoms with Crippen LogP contribution < -0.4 is 10.7 Å². The summed E-state index contributed by atoms with van der Waals surface area (Å²) in [5.41, 5.74) is 3.42. The Bertz CT molecular complexity index is 664. The van der Waals surface area contributed by atoms with Gasteiger partial charge in [-0.15, -0.1) is 5.10 Å². The van der Waals surface area contributed by atoms with Crippen molar-refractivity contribution in [2.24, 2.45) is 5.10 Å². The Kier molecular flexibility index (Phi) is 5.58. The molecule has 1 saturated heterocycles. The number of benzene rings is 1. The number of rotatable bonds is 3. The molecule has 0 saturated carbocycles. The van der Waals surface area contributed by atoms with Crippen molar-refractivity contribution in [2.75, 3.05) is 13.1 Å². The highest BCUT2D eigenvalue weighted by atomic mass is 35.5. The van der Waals surface area contributed by atoms with E-state index in [0.29, 0.717) is 10.9 Å². The number of likely N-dealkylation sites (tertiary alicyclic amines) is 1. The molecule has 1 fully saturated rings. The quantitative estimate of drug-likeness (QED) is 0.843. The normalized spacial score (nSPS) is 21.5. The fourth-order valence-corrected chi connectivity index (χ4v) is 3.03. The lowest BCUT2D eigenvalue weighted by Gasteiger charge is -2.35. The maximum Gasteiger partial charge on any atom is 0.407 e. The standard InChI is InChI=1S/C18H25ClN4O3/c1-18(2,3)26-17(24)20-14-8-10-23(11-9-14)16-22-21-15(25-16)12-4-6-13(19)7-5-12/h4-7,14,16,22H,8-11H2,1-3H3,(H,20,24). The van der Waals surface area contributed by atoms with Crippen molar-refractivity contribution in [3.63, 3.8) is 0 Å². The summed E-state index contributed by atoms with van der Waals surface area (Å²) in [6.07, 6.45) is 1.01. The zero-order chi connectivity index (χ0) is 18.7. The number of carbonyl (C=O) groups excluding carboxylic acids is 1. The number of nitrogens with one attached hydrogen (secondary N) is 2. The van der Waals surface area contributed by atoms with Crippen LogP contribution in [0.2, 0.25) is 5.02 Å². The lowest BCUT2D eigenvalue weighted by molar-refractivity contribution is -0.00855. The molecule has 3 rings (SSSR count). The number of nitrogens with zero attached hydrogens (tertiary/aromatic N) is 2. The molecule has 1 atom stereocenters. The summed E-state index contributed by atoms with van der Waals surface area (Å²) in [7, 11) is 0. The predicted octanol–water partition coefficient (Wildman–Crippen LogP) is 2.89. The Morgan fingerprint density at radius 3 is 2.58 bits per heavy atom. The van der Waals surface area contributed by atoms with Crippen LogP contribution in [0, 0.1) is 0 Å². The first-order valence-corrected chi connectivity index (χ1v) is 9.17. The highest BCUT2D eigenvalue weighted by molar-refractivity contribution is 6.30. The van der Waals surface area contributed by atoms with Gasteiger partial charge in [-0.3, -0.25) is 5.43 Å². The summed E-state index contributed by atoms with van der Waals surface area (Å²) in [4.78, 5) is 14.0. The van der Waals surface area contributed by atoms with Gasteiger partial charge in [-0.05, 0) is 57.9 Å². The van der Waals surface area contributed by atoms with E-state index in [1.165, 1.54) is 0 Å². The number of alkyl carbamates (subject to hydrolysis) is 1. The number of ether oxygens (including phenoxy) is 2. The lowest BCUT2D eigenvalue weighted by atomic mass is 10.1. The Hall–Kier alpha value is -1.99. The van der Waals surface area contributed by atoms with Crippen LogP contribution in [0.25, 0.3) is 0 Å². The average Bonchev–Trinajstić information content (AvgIpc) is 3.04. The summed E-state index contributed by atoms with van der Waals surface area (Å²) in [5.74, 6) is 0.556. The zero-order valence-corrected chi connectivity index (χ0v) is 16.0. The van der Waals surface area contributed by atoms with Crippen molar-refractivity contribution in [2.45, 2.75) is 51.6 Å². The first-order chi connectivity index (χ1) is 12.3. The summed E-state index contributed by atoms with van der Waals surface area (Å²) in [6.45, 7) is 7.16. The second kappa shape index (κ2) is 7.72. The molecule has 0 aliphatic carbocycles. The van der Waals surface area contributed by atoms with Gasteiger partial charge >= 0.3 is 6.09 Å². The molecular formula is C18H25ClN4O3. The topological polar surface area (TPSA) is 75.2 Å². The fraction of sp³-hybridized carbons (Fsp3) is 0.556. The van der Waals surface area contributed by atoms with Crippen LogP contribution >= 0.6 is 11.6 Å². The third kappa shape index (κ3) is 5.02. The number of hydrazone groups is 1. The molecular weight excluding hydrogens is 356 g/mol. The molecule has 26 heavy (non-hydrogen) atoms. The van der Waals surface area contributed by atoms with E-state index in [2.05, 4.69) is 20.7 Å². The number of piperidine rings is 1. The van der Waals surface area contributed by atoms with E-state index in [1.54, 1.807) is 0 Å². The van der Waals surface area contributed by atoms with Gasteiger partial charge < -0.3 is 14.8 Å². The largest absolute Gasteiger partial charge is 0.444 e. The number of halogens is 1. The van der Waals surface area contributed by atoms with Crippen molar-refractivity contribution in [1.82, 2.24) is 15.6 Å². The molecule has 0 aromatic heterocycles. The third-order valence-electron chi connectivity index (χ3n) is 4.17. The average molecular weight is 381 g/mol. The van der Waals surface area contributed by atoms with Gasteiger partial charge in [0.2, 0.25) is 12.2 Å². The fourth-order valence-electron chi connectivity index (χ4n) is 2.91. The van der Waals surface area contributed by atoms with Crippen molar-refractivity contribution >= 4 is 23.6 Å². The van der Waals surface area contributed by atoms with Gasteiger partial charge in [-0.25, -0.2) is 9.69 Å². The molecule has 1 aromatic rings. The third-order valence-corrected chi connectivity index (χ3v) is 4.42. The monoisotopic (exact) mass is 380 g/mol. The number of carbonyl (C=O) groups is 1. The molecule has 7 nitrogen and oxygen atoms in total.